The van der Waals surface area contributed by atoms with Gasteiger partial charge in [0, 0.05) is 65.5 Å². The van der Waals surface area contributed by atoms with E-state index in [-0.39, 0.29) is 0 Å². The van der Waals surface area contributed by atoms with Crippen molar-refractivity contribution in [3.05, 3.63) is 108 Å². The molecule has 5 N–H and O–H groups in total. The summed E-state index contributed by atoms with van der Waals surface area (Å²) in [6.45, 7) is 0. The molecule has 0 aliphatic rings. The standard InChI is InChI=1S/C33H30N6O/c1-35-32(34)24-6-4-22-16-28(38-30(22)18-24)20-8-12-26(13-9-20)40-27-14-10-21(11-15-27)29-17-23-5-7-25(19-31(23)39-29)33(36-2)37-3/h4-19,38-39H,1-3H3,(H2,34,35)(H,36,37). The lowest BCUT2D eigenvalue weighted by atomic mass is 10.1. The van der Waals surface area contributed by atoms with E-state index >= 15 is 0 Å². The maximum Gasteiger partial charge on any atom is 0.127 e. The lowest BCUT2D eigenvalue weighted by molar-refractivity contribution is 0.483. The van der Waals surface area contributed by atoms with Gasteiger partial charge in [0.05, 0.1) is 0 Å². The third-order valence-corrected chi connectivity index (χ3v) is 7.08. The number of nitrogens with zero attached hydrogens (tertiary/aromatic N) is 1. The van der Waals surface area contributed by atoms with E-state index in [1.54, 1.807) is 14.1 Å². The number of H-pyrrole nitrogens is 2. The zero-order chi connectivity index (χ0) is 27.6. The first-order chi connectivity index (χ1) is 19.5. The molecular weight excluding hydrogens is 496 g/mol. The molecular formula is C33H30N6O. The van der Waals surface area contributed by atoms with Crippen LogP contribution in [-0.2, 0) is 0 Å². The molecule has 0 atom stereocenters. The quantitative estimate of drug-likeness (QED) is 0.120. The predicted molar refractivity (Wildman–Crippen MR) is 165 cm³/mol. The van der Waals surface area contributed by atoms with Crippen molar-refractivity contribution >= 4 is 33.5 Å². The third-order valence-electron chi connectivity index (χ3n) is 7.08. The molecule has 6 aromatic rings. The van der Waals surface area contributed by atoms with E-state index in [0.717, 1.165) is 72.8 Å². The highest BCUT2D eigenvalue weighted by atomic mass is 16.5. The Morgan fingerprint density at radius 3 is 1.62 bits per heavy atom. The van der Waals surface area contributed by atoms with E-state index in [1.807, 2.05) is 61.6 Å². The Morgan fingerprint density at radius 1 is 0.650 bits per heavy atom. The highest BCUT2D eigenvalue weighted by Crippen LogP contribution is 2.30. The lowest BCUT2D eigenvalue weighted by Crippen LogP contribution is -2.19. The zero-order valence-electron chi connectivity index (χ0n) is 22.6. The second-order valence-corrected chi connectivity index (χ2v) is 9.57. The Kier molecular flexibility index (Phi) is 6.54. The fourth-order valence-corrected chi connectivity index (χ4v) is 4.94. The van der Waals surface area contributed by atoms with Gasteiger partial charge in [-0.05, 0) is 83.9 Å². The Balaban J connectivity index is 1.16. The van der Waals surface area contributed by atoms with Gasteiger partial charge in [0.15, 0.2) is 0 Å². The normalized spacial score (nSPS) is 11.6. The minimum absolute atomic E-state index is 0.397. The summed E-state index contributed by atoms with van der Waals surface area (Å²) in [4.78, 5) is 11.3. The molecule has 0 saturated heterocycles. The number of fused-ring (bicyclic) bond motifs is 2. The second-order valence-electron chi connectivity index (χ2n) is 9.57. The first-order valence-electron chi connectivity index (χ1n) is 13.1. The molecule has 0 saturated carbocycles. The van der Waals surface area contributed by atoms with Gasteiger partial charge in [0.1, 0.15) is 23.2 Å². The summed E-state index contributed by atoms with van der Waals surface area (Å²) < 4.78 is 6.13. The van der Waals surface area contributed by atoms with Crippen LogP contribution in [0.1, 0.15) is 11.1 Å². The molecule has 0 unspecified atom stereocenters. The molecule has 7 heteroatoms. The summed E-state index contributed by atoms with van der Waals surface area (Å²) in [5, 5.41) is 16.3. The van der Waals surface area contributed by atoms with Crippen LogP contribution in [0.15, 0.2) is 102 Å². The van der Waals surface area contributed by atoms with E-state index in [1.165, 1.54) is 0 Å². The van der Waals surface area contributed by atoms with Crippen LogP contribution in [0.2, 0.25) is 0 Å². The van der Waals surface area contributed by atoms with Crippen molar-refractivity contribution in [2.75, 3.05) is 21.1 Å². The number of amidine groups is 2. The SMILES string of the molecule is CN=C(NC)c1ccc2cc(-c3ccc(Oc4ccc(-c5cc6ccc(C(=N)NC)cc6[nH]5)cc4)cc3)[nH]c2c1. The summed E-state index contributed by atoms with van der Waals surface area (Å²) >= 11 is 0. The van der Waals surface area contributed by atoms with Crippen molar-refractivity contribution in [1.29, 1.82) is 5.41 Å². The molecule has 4 aromatic carbocycles. The average molecular weight is 527 g/mol. The summed E-state index contributed by atoms with van der Waals surface area (Å²) in [6.07, 6.45) is 0. The van der Waals surface area contributed by atoms with Crippen LogP contribution in [0.3, 0.4) is 0 Å². The van der Waals surface area contributed by atoms with Crippen LogP contribution in [0.5, 0.6) is 11.5 Å². The number of hydrogen-bond acceptors (Lipinski definition) is 3. The molecule has 0 spiro atoms. The first-order valence-corrected chi connectivity index (χ1v) is 13.1. The molecule has 198 valence electrons. The lowest BCUT2D eigenvalue weighted by Gasteiger charge is -2.07. The molecule has 2 heterocycles. The number of nitrogens with one attached hydrogen (secondary N) is 5. The zero-order valence-corrected chi connectivity index (χ0v) is 22.6. The van der Waals surface area contributed by atoms with Crippen LogP contribution in [0.25, 0.3) is 44.3 Å². The van der Waals surface area contributed by atoms with Crippen molar-refractivity contribution in [1.82, 2.24) is 20.6 Å². The maximum atomic E-state index is 8.00. The van der Waals surface area contributed by atoms with E-state index in [4.69, 9.17) is 10.1 Å². The van der Waals surface area contributed by atoms with E-state index < -0.39 is 0 Å². The van der Waals surface area contributed by atoms with Gasteiger partial charge in [-0.15, -0.1) is 0 Å². The van der Waals surface area contributed by atoms with Crippen molar-refractivity contribution in [2.24, 2.45) is 4.99 Å². The number of ether oxygens (including phenoxy) is 1. The van der Waals surface area contributed by atoms with Gasteiger partial charge >= 0.3 is 0 Å². The molecule has 0 amide bonds. The van der Waals surface area contributed by atoms with E-state index in [0.29, 0.717) is 5.84 Å². The third kappa shape index (κ3) is 4.80. The molecule has 0 radical (unpaired) electrons. The smallest absolute Gasteiger partial charge is 0.127 e. The van der Waals surface area contributed by atoms with Crippen molar-refractivity contribution in [2.45, 2.75) is 0 Å². The number of aliphatic imine (C=N–C) groups is 1. The number of aromatic amines is 2. The van der Waals surface area contributed by atoms with E-state index in [2.05, 4.69) is 68.1 Å². The molecule has 2 aromatic heterocycles. The molecule has 7 nitrogen and oxygen atoms in total. The fourth-order valence-electron chi connectivity index (χ4n) is 4.94. The Morgan fingerprint density at radius 2 is 1.15 bits per heavy atom. The maximum absolute atomic E-state index is 8.00. The predicted octanol–water partition coefficient (Wildman–Crippen LogP) is 6.92. The van der Waals surface area contributed by atoms with Crippen LogP contribution < -0.4 is 15.4 Å². The largest absolute Gasteiger partial charge is 0.457 e. The Bertz CT molecular complexity index is 1860. The van der Waals surface area contributed by atoms with Gasteiger partial charge < -0.3 is 25.3 Å². The van der Waals surface area contributed by atoms with Crippen LogP contribution >= 0.6 is 0 Å². The summed E-state index contributed by atoms with van der Waals surface area (Å²) in [7, 11) is 5.42. The minimum atomic E-state index is 0.397. The Hall–Kier alpha value is -5.30. The van der Waals surface area contributed by atoms with Gasteiger partial charge in [-0.25, -0.2) is 0 Å². The van der Waals surface area contributed by atoms with Crippen LogP contribution in [0, 0.1) is 5.41 Å². The minimum Gasteiger partial charge on any atom is -0.457 e. The number of benzene rings is 4. The topological polar surface area (TPSA) is 101 Å². The van der Waals surface area contributed by atoms with Crippen LogP contribution in [0.4, 0.5) is 0 Å². The monoisotopic (exact) mass is 526 g/mol. The highest BCUT2D eigenvalue weighted by molar-refractivity contribution is 6.02. The molecule has 0 aliphatic carbocycles. The van der Waals surface area contributed by atoms with E-state index in [9.17, 15) is 0 Å². The van der Waals surface area contributed by atoms with Gasteiger partial charge in [0.2, 0.25) is 0 Å². The molecule has 40 heavy (non-hydrogen) atoms. The molecule has 0 fully saturated rings. The van der Waals surface area contributed by atoms with Crippen LogP contribution in [-0.4, -0.2) is 42.8 Å². The summed E-state index contributed by atoms with van der Waals surface area (Å²) in [6, 6.07) is 32.7. The van der Waals surface area contributed by atoms with Crippen molar-refractivity contribution in [3.63, 3.8) is 0 Å². The second kappa shape index (κ2) is 10.5. The number of rotatable bonds is 6. The molecule has 6 rings (SSSR count). The summed E-state index contributed by atoms with van der Waals surface area (Å²) in [5.41, 5.74) is 8.19. The van der Waals surface area contributed by atoms with Crippen molar-refractivity contribution in [3.8, 4) is 34.0 Å². The molecule has 0 bridgehead atoms. The number of aromatic nitrogens is 2. The van der Waals surface area contributed by atoms with Gasteiger partial charge in [-0.1, -0.05) is 24.3 Å². The first kappa shape index (κ1) is 25.0. The van der Waals surface area contributed by atoms with Crippen molar-refractivity contribution < 1.29 is 4.74 Å². The van der Waals surface area contributed by atoms with Gasteiger partial charge in [-0.3, -0.25) is 10.4 Å². The fraction of sp³-hybridized carbons (Fsp3) is 0.0909. The Labute approximate surface area is 232 Å². The highest BCUT2D eigenvalue weighted by Gasteiger charge is 2.09. The number of hydrogen-bond donors (Lipinski definition) is 5. The average Bonchev–Trinajstić information content (AvgIpc) is 3.62. The molecule has 0 aliphatic heterocycles. The van der Waals surface area contributed by atoms with Gasteiger partial charge in [-0.2, -0.15) is 0 Å². The van der Waals surface area contributed by atoms with Gasteiger partial charge in [0.25, 0.3) is 0 Å². The summed E-state index contributed by atoms with van der Waals surface area (Å²) in [5.74, 6) is 2.80.